The van der Waals surface area contributed by atoms with E-state index in [1.807, 2.05) is 52.0 Å². The van der Waals surface area contributed by atoms with Gasteiger partial charge in [0.1, 0.15) is 12.6 Å². The summed E-state index contributed by atoms with van der Waals surface area (Å²) in [5.74, 6) is 0.00243. The number of anilines is 1. The van der Waals surface area contributed by atoms with Gasteiger partial charge < -0.3 is 19.7 Å². The lowest BCUT2D eigenvalue weighted by atomic mass is 10.1. The van der Waals surface area contributed by atoms with Crippen LogP contribution in [0.15, 0.2) is 42.5 Å². The van der Waals surface area contributed by atoms with Crippen molar-refractivity contribution in [3.8, 4) is 11.5 Å². The Morgan fingerprint density at radius 1 is 1.00 bits per heavy atom. The number of amides is 2. The highest BCUT2D eigenvalue weighted by atomic mass is 32.2. The fourth-order valence-electron chi connectivity index (χ4n) is 3.93. The maximum atomic E-state index is 13.8. The lowest BCUT2D eigenvalue weighted by Gasteiger charge is -2.33. The SMILES string of the molecule is CC[C@@H](C)NC(=O)[C@@H](CC)N(Cc1ccccc1C)C(=O)CN(c1ccc(OC)c(OC)c1)S(C)(=O)=O. The molecule has 0 aliphatic carbocycles. The normalized spacial score (nSPS) is 12.8. The van der Waals surface area contributed by atoms with Crippen molar-refractivity contribution in [2.45, 2.75) is 59.2 Å². The molecule has 0 bridgehead atoms. The molecule has 0 aliphatic heterocycles. The van der Waals surface area contributed by atoms with E-state index in [1.165, 1.54) is 25.2 Å². The molecular formula is C27H39N3O6S. The average Bonchev–Trinajstić information content (AvgIpc) is 2.86. The van der Waals surface area contributed by atoms with Gasteiger partial charge in [0, 0.05) is 18.7 Å². The Balaban J connectivity index is 2.50. The highest BCUT2D eigenvalue weighted by Crippen LogP contribution is 2.32. The minimum absolute atomic E-state index is 0.0590. The van der Waals surface area contributed by atoms with Gasteiger partial charge in [-0.3, -0.25) is 13.9 Å². The number of sulfonamides is 1. The van der Waals surface area contributed by atoms with Crippen LogP contribution in [0.4, 0.5) is 5.69 Å². The third-order valence-electron chi connectivity index (χ3n) is 6.32. The molecule has 0 fully saturated rings. The van der Waals surface area contributed by atoms with Crippen molar-refractivity contribution in [1.29, 1.82) is 0 Å². The molecule has 10 heteroatoms. The number of carbonyl (C=O) groups excluding carboxylic acids is 2. The molecule has 0 aliphatic rings. The van der Waals surface area contributed by atoms with E-state index in [1.54, 1.807) is 12.1 Å². The van der Waals surface area contributed by atoms with Gasteiger partial charge in [-0.05, 0) is 49.9 Å². The van der Waals surface area contributed by atoms with Crippen molar-refractivity contribution in [2.24, 2.45) is 0 Å². The summed E-state index contributed by atoms with van der Waals surface area (Å²) < 4.78 is 37.2. The molecule has 0 heterocycles. The number of methoxy groups -OCH3 is 2. The number of hydrogen-bond acceptors (Lipinski definition) is 6. The van der Waals surface area contributed by atoms with E-state index in [0.29, 0.717) is 17.9 Å². The predicted molar refractivity (Wildman–Crippen MR) is 145 cm³/mol. The molecule has 2 atom stereocenters. The van der Waals surface area contributed by atoms with Crippen molar-refractivity contribution in [3.63, 3.8) is 0 Å². The van der Waals surface area contributed by atoms with Gasteiger partial charge in [0.2, 0.25) is 21.8 Å². The summed E-state index contributed by atoms with van der Waals surface area (Å²) in [6, 6.07) is 11.4. The van der Waals surface area contributed by atoms with Gasteiger partial charge >= 0.3 is 0 Å². The minimum Gasteiger partial charge on any atom is -0.493 e. The van der Waals surface area contributed by atoms with Crippen LogP contribution in [0.2, 0.25) is 0 Å². The quantitative estimate of drug-likeness (QED) is 0.423. The lowest BCUT2D eigenvalue weighted by Crippen LogP contribution is -2.53. The maximum Gasteiger partial charge on any atom is 0.244 e. The number of carbonyl (C=O) groups is 2. The monoisotopic (exact) mass is 533 g/mol. The Morgan fingerprint density at radius 3 is 2.19 bits per heavy atom. The number of nitrogens with one attached hydrogen (secondary N) is 1. The van der Waals surface area contributed by atoms with E-state index >= 15 is 0 Å². The summed E-state index contributed by atoms with van der Waals surface area (Å²) in [4.78, 5) is 28.5. The van der Waals surface area contributed by atoms with Gasteiger partial charge in [-0.15, -0.1) is 0 Å². The van der Waals surface area contributed by atoms with Crippen molar-refractivity contribution in [3.05, 3.63) is 53.6 Å². The molecule has 2 rings (SSSR count). The molecule has 0 saturated heterocycles. The van der Waals surface area contributed by atoms with Crippen LogP contribution in [-0.2, 0) is 26.2 Å². The Kier molecular flexibility index (Phi) is 10.8. The van der Waals surface area contributed by atoms with Crippen LogP contribution in [0, 0.1) is 6.92 Å². The van der Waals surface area contributed by atoms with Crippen LogP contribution in [0.5, 0.6) is 11.5 Å². The highest BCUT2D eigenvalue weighted by Gasteiger charge is 2.32. The molecule has 0 unspecified atom stereocenters. The summed E-state index contributed by atoms with van der Waals surface area (Å²) in [7, 11) is -0.931. The van der Waals surface area contributed by atoms with Crippen LogP contribution in [0.25, 0.3) is 0 Å². The second-order valence-electron chi connectivity index (χ2n) is 9.00. The number of rotatable bonds is 13. The van der Waals surface area contributed by atoms with Gasteiger partial charge in [-0.2, -0.15) is 0 Å². The van der Waals surface area contributed by atoms with E-state index in [0.717, 1.165) is 28.1 Å². The van der Waals surface area contributed by atoms with Gasteiger partial charge in [0.05, 0.1) is 26.2 Å². The van der Waals surface area contributed by atoms with Crippen LogP contribution in [0.3, 0.4) is 0 Å². The first-order valence-electron chi connectivity index (χ1n) is 12.3. The van der Waals surface area contributed by atoms with E-state index in [2.05, 4.69) is 5.32 Å². The topological polar surface area (TPSA) is 105 Å². The number of ether oxygens (including phenoxy) is 2. The van der Waals surface area contributed by atoms with Crippen molar-refractivity contribution in [2.75, 3.05) is 31.3 Å². The lowest BCUT2D eigenvalue weighted by molar-refractivity contribution is -0.140. The standard InChI is InChI=1S/C27H39N3O6S/c1-8-20(4)28-27(32)23(9-2)29(17-21-13-11-10-12-19(21)3)26(31)18-30(37(7,33)34)22-14-15-24(35-5)25(16-22)36-6/h10-16,20,23H,8-9,17-18H2,1-7H3,(H,28,32)/t20-,23-/m1/s1. The molecule has 2 aromatic carbocycles. The molecule has 0 spiro atoms. The molecule has 0 saturated carbocycles. The number of benzene rings is 2. The number of aryl methyl sites for hydroxylation is 1. The third-order valence-corrected chi connectivity index (χ3v) is 7.46. The fourth-order valence-corrected chi connectivity index (χ4v) is 4.77. The van der Waals surface area contributed by atoms with Gasteiger partial charge in [-0.25, -0.2) is 8.42 Å². The predicted octanol–water partition coefficient (Wildman–Crippen LogP) is 3.50. The van der Waals surface area contributed by atoms with Crippen molar-refractivity contribution in [1.82, 2.24) is 10.2 Å². The third kappa shape index (κ3) is 7.85. The Hall–Kier alpha value is -3.27. The molecule has 1 N–H and O–H groups in total. The molecule has 0 aromatic heterocycles. The molecule has 2 aromatic rings. The largest absolute Gasteiger partial charge is 0.493 e. The van der Waals surface area contributed by atoms with E-state index in [4.69, 9.17) is 9.47 Å². The van der Waals surface area contributed by atoms with E-state index < -0.39 is 28.5 Å². The fraction of sp³-hybridized carbons (Fsp3) is 0.481. The summed E-state index contributed by atoms with van der Waals surface area (Å²) in [5.41, 5.74) is 2.10. The highest BCUT2D eigenvalue weighted by molar-refractivity contribution is 7.92. The first kappa shape index (κ1) is 30.0. The summed E-state index contributed by atoms with van der Waals surface area (Å²) in [5, 5.41) is 2.96. The van der Waals surface area contributed by atoms with Crippen LogP contribution < -0.4 is 19.1 Å². The molecule has 0 radical (unpaired) electrons. The van der Waals surface area contributed by atoms with Crippen molar-refractivity contribution >= 4 is 27.5 Å². The first-order chi connectivity index (χ1) is 17.5. The zero-order valence-electron chi connectivity index (χ0n) is 22.8. The molecular weight excluding hydrogens is 494 g/mol. The first-order valence-corrected chi connectivity index (χ1v) is 14.2. The van der Waals surface area contributed by atoms with E-state index in [-0.39, 0.29) is 24.2 Å². The number of hydrogen-bond donors (Lipinski definition) is 1. The Morgan fingerprint density at radius 2 is 1.65 bits per heavy atom. The maximum absolute atomic E-state index is 13.8. The van der Waals surface area contributed by atoms with Gasteiger partial charge in [0.15, 0.2) is 11.5 Å². The summed E-state index contributed by atoms with van der Waals surface area (Å²) in [6.07, 6.45) is 2.15. The zero-order valence-corrected chi connectivity index (χ0v) is 23.6. The molecule has 37 heavy (non-hydrogen) atoms. The summed E-state index contributed by atoms with van der Waals surface area (Å²) >= 11 is 0. The van der Waals surface area contributed by atoms with Crippen LogP contribution in [-0.4, -0.2) is 64.2 Å². The molecule has 204 valence electrons. The summed E-state index contributed by atoms with van der Waals surface area (Å²) in [6.45, 7) is 7.33. The smallest absolute Gasteiger partial charge is 0.244 e. The zero-order chi connectivity index (χ0) is 27.8. The van der Waals surface area contributed by atoms with E-state index in [9.17, 15) is 18.0 Å². The number of nitrogens with zero attached hydrogens (tertiary/aromatic N) is 2. The second-order valence-corrected chi connectivity index (χ2v) is 10.9. The second kappa shape index (κ2) is 13.3. The Labute approximate surface area is 220 Å². The van der Waals surface area contributed by atoms with Gasteiger partial charge in [-0.1, -0.05) is 38.1 Å². The van der Waals surface area contributed by atoms with Crippen molar-refractivity contribution < 1.29 is 27.5 Å². The molecule has 9 nitrogen and oxygen atoms in total. The van der Waals surface area contributed by atoms with Gasteiger partial charge in [0.25, 0.3) is 0 Å². The van der Waals surface area contributed by atoms with Crippen LogP contribution >= 0.6 is 0 Å². The Bertz CT molecular complexity index is 1180. The average molecular weight is 534 g/mol. The van der Waals surface area contributed by atoms with Crippen LogP contribution in [0.1, 0.15) is 44.7 Å². The molecule has 2 amide bonds. The minimum atomic E-state index is -3.86.